The lowest BCUT2D eigenvalue weighted by Crippen LogP contribution is -2.24. The Morgan fingerprint density at radius 2 is 2.31 bits per heavy atom. The molecule has 1 rings (SSSR count). The normalized spacial score (nSPS) is 8.62. The van der Waals surface area contributed by atoms with E-state index in [1.165, 1.54) is 7.05 Å². The number of hydrogen-bond acceptors (Lipinski definition) is 2. The van der Waals surface area contributed by atoms with Crippen LogP contribution >= 0.6 is 0 Å². The smallest absolute Gasteiger partial charge is 0.318 e. The minimum absolute atomic E-state index is 0.296. The van der Waals surface area contributed by atoms with Gasteiger partial charge in [0.15, 0.2) is 0 Å². The number of hydrogen-bond donors (Lipinski definition) is 2. The van der Waals surface area contributed by atoms with E-state index in [-0.39, 0.29) is 6.03 Å². The van der Waals surface area contributed by atoms with E-state index in [2.05, 4.69) is 10.6 Å². The average molecular weight is 175 g/mol. The summed E-state index contributed by atoms with van der Waals surface area (Å²) in [6, 6.07) is 8.40. The molecule has 1 aromatic rings. The van der Waals surface area contributed by atoms with Crippen LogP contribution in [-0.4, -0.2) is 13.1 Å². The van der Waals surface area contributed by atoms with E-state index >= 15 is 0 Å². The van der Waals surface area contributed by atoms with Gasteiger partial charge in [-0.3, -0.25) is 0 Å². The highest BCUT2D eigenvalue weighted by molar-refractivity contribution is 5.89. The van der Waals surface area contributed by atoms with Crippen LogP contribution in [-0.2, 0) is 0 Å². The second-order valence-electron chi connectivity index (χ2n) is 2.40. The van der Waals surface area contributed by atoms with Gasteiger partial charge in [0.05, 0.1) is 11.6 Å². The fourth-order valence-corrected chi connectivity index (χ4v) is 0.860. The number of nitrogens with one attached hydrogen (secondary N) is 2. The van der Waals surface area contributed by atoms with Gasteiger partial charge in [0.1, 0.15) is 0 Å². The molecule has 1 aromatic carbocycles. The van der Waals surface area contributed by atoms with Crippen molar-refractivity contribution in [3.8, 4) is 6.07 Å². The number of rotatable bonds is 1. The minimum Gasteiger partial charge on any atom is -0.341 e. The zero-order chi connectivity index (χ0) is 9.68. The van der Waals surface area contributed by atoms with Gasteiger partial charge in [0.25, 0.3) is 0 Å². The fraction of sp³-hybridized carbons (Fsp3) is 0.111. The van der Waals surface area contributed by atoms with E-state index in [0.29, 0.717) is 11.3 Å². The van der Waals surface area contributed by atoms with Crippen molar-refractivity contribution in [1.29, 1.82) is 5.26 Å². The molecule has 0 aliphatic carbocycles. The number of benzene rings is 1. The van der Waals surface area contributed by atoms with Crippen molar-refractivity contribution in [3.05, 3.63) is 29.8 Å². The van der Waals surface area contributed by atoms with Crippen LogP contribution in [0.2, 0.25) is 0 Å². The molecule has 0 radical (unpaired) electrons. The maximum atomic E-state index is 10.9. The highest BCUT2D eigenvalue weighted by Crippen LogP contribution is 2.08. The van der Waals surface area contributed by atoms with E-state index in [0.717, 1.165) is 0 Å². The molecular formula is C9H9N3O. The summed E-state index contributed by atoms with van der Waals surface area (Å²) in [6.07, 6.45) is 0. The molecule has 0 heterocycles. The van der Waals surface area contributed by atoms with Gasteiger partial charge in [-0.05, 0) is 18.2 Å². The molecule has 0 aromatic heterocycles. The van der Waals surface area contributed by atoms with E-state index in [1.807, 2.05) is 6.07 Å². The zero-order valence-corrected chi connectivity index (χ0v) is 7.16. The number of nitriles is 1. The zero-order valence-electron chi connectivity index (χ0n) is 7.16. The molecule has 0 saturated heterocycles. The summed E-state index contributed by atoms with van der Waals surface area (Å²) in [5.41, 5.74) is 1.13. The van der Waals surface area contributed by atoms with E-state index < -0.39 is 0 Å². The molecule has 66 valence electrons. The van der Waals surface area contributed by atoms with Crippen molar-refractivity contribution < 1.29 is 4.79 Å². The maximum absolute atomic E-state index is 10.9. The third kappa shape index (κ3) is 2.49. The lowest BCUT2D eigenvalue weighted by atomic mass is 10.2. The first-order chi connectivity index (χ1) is 6.26. The Kier molecular flexibility index (Phi) is 2.87. The molecule has 2 amide bonds. The van der Waals surface area contributed by atoms with Crippen LogP contribution in [0.5, 0.6) is 0 Å². The van der Waals surface area contributed by atoms with Crippen molar-refractivity contribution >= 4 is 11.7 Å². The number of anilines is 1. The summed E-state index contributed by atoms with van der Waals surface area (Å²) in [7, 11) is 1.53. The van der Waals surface area contributed by atoms with Crippen LogP contribution < -0.4 is 10.6 Å². The largest absolute Gasteiger partial charge is 0.341 e. The van der Waals surface area contributed by atoms with Gasteiger partial charge in [-0.1, -0.05) is 6.07 Å². The second kappa shape index (κ2) is 4.12. The Bertz CT molecular complexity index is 354. The summed E-state index contributed by atoms with van der Waals surface area (Å²) in [5, 5.41) is 13.6. The number of nitrogens with zero attached hydrogens (tertiary/aromatic N) is 1. The van der Waals surface area contributed by atoms with Crippen molar-refractivity contribution in [3.63, 3.8) is 0 Å². The van der Waals surface area contributed by atoms with Crippen LogP contribution in [0.3, 0.4) is 0 Å². The molecule has 13 heavy (non-hydrogen) atoms. The van der Waals surface area contributed by atoms with Crippen molar-refractivity contribution in [2.24, 2.45) is 0 Å². The van der Waals surface area contributed by atoms with Gasteiger partial charge < -0.3 is 10.6 Å². The highest BCUT2D eigenvalue weighted by atomic mass is 16.2. The maximum Gasteiger partial charge on any atom is 0.318 e. The SMILES string of the molecule is CNC(=O)Nc1cccc(C#N)c1. The first kappa shape index (κ1) is 9.07. The topological polar surface area (TPSA) is 64.9 Å². The van der Waals surface area contributed by atoms with E-state index in [9.17, 15) is 4.79 Å². The summed E-state index contributed by atoms with van der Waals surface area (Å²) in [6.45, 7) is 0. The fourth-order valence-electron chi connectivity index (χ4n) is 0.860. The molecule has 4 heteroatoms. The lowest BCUT2D eigenvalue weighted by molar-refractivity contribution is 0.254. The number of carbonyl (C=O) groups excluding carboxylic acids is 1. The third-order valence-corrected chi connectivity index (χ3v) is 1.48. The van der Waals surface area contributed by atoms with Gasteiger partial charge in [-0.15, -0.1) is 0 Å². The summed E-state index contributed by atoms with van der Waals surface area (Å²) < 4.78 is 0. The van der Waals surface area contributed by atoms with Gasteiger partial charge in [-0.2, -0.15) is 5.26 Å². The minimum atomic E-state index is -0.296. The van der Waals surface area contributed by atoms with Crippen LogP contribution in [0.25, 0.3) is 0 Å². The first-order valence-electron chi connectivity index (χ1n) is 3.75. The Morgan fingerprint density at radius 1 is 1.54 bits per heavy atom. The van der Waals surface area contributed by atoms with E-state index in [1.54, 1.807) is 24.3 Å². The van der Waals surface area contributed by atoms with Gasteiger partial charge in [-0.25, -0.2) is 4.79 Å². The Morgan fingerprint density at radius 3 is 2.92 bits per heavy atom. The lowest BCUT2D eigenvalue weighted by Gasteiger charge is -2.03. The second-order valence-corrected chi connectivity index (χ2v) is 2.40. The average Bonchev–Trinajstić information content (AvgIpc) is 2.18. The van der Waals surface area contributed by atoms with Crippen molar-refractivity contribution in [2.45, 2.75) is 0 Å². The Labute approximate surface area is 76.2 Å². The van der Waals surface area contributed by atoms with Crippen LogP contribution in [0.4, 0.5) is 10.5 Å². The number of carbonyl (C=O) groups is 1. The van der Waals surface area contributed by atoms with Gasteiger partial charge in [0, 0.05) is 12.7 Å². The molecule has 0 unspecified atom stereocenters. The molecule has 4 nitrogen and oxygen atoms in total. The van der Waals surface area contributed by atoms with Gasteiger partial charge >= 0.3 is 6.03 Å². The molecule has 0 fully saturated rings. The van der Waals surface area contributed by atoms with Crippen LogP contribution in [0.1, 0.15) is 5.56 Å². The Balaban J connectivity index is 2.79. The molecule has 0 atom stereocenters. The summed E-state index contributed by atoms with van der Waals surface area (Å²) in [5.74, 6) is 0. The molecule has 0 aliphatic heterocycles. The van der Waals surface area contributed by atoms with Crippen LogP contribution in [0.15, 0.2) is 24.3 Å². The first-order valence-corrected chi connectivity index (χ1v) is 3.75. The molecule has 0 saturated carbocycles. The van der Waals surface area contributed by atoms with Crippen LogP contribution in [0, 0.1) is 11.3 Å². The molecule has 0 bridgehead atoms. The molecule has 0 spiro atoms. The van der Waals surface area contributed by atoms with Crippen molar-refractivity contribution in [1.82, 2.24) is 5.32 Å². The quantitative estimate of drug-likeness (QED) is 0.675. The number of amides is 2. The Hall–Kier alpha value is -2.02. The van der Waals surface area contributed by atoms with Gasteiger partial charge in [0.2, 0.25) is 0 Å². The summed E-state index contributed by atoms with van der Waals surface area (Å²) >= 11 is 0. The molecule has 0 aliphatic rings. The monoisotopic (exact) mass is 175 g/mol. The number of urea groups is 1. The standard InChI is InChI=1S/C9H9N3O/c1-11-9(13)12-8-4-2-3-7(5-8)6-10/h2-5H,1H3,(H2,11,12,13). The third-order valence-electron chi connectivity index (χ3n) is 1.48. The predicted octanol–water partition coefficient (Wildman–Crippen LogP) is 1.31. The molecule has 2 N–H and O–H groups in total. The molecular weight excluding hydrogens is 166 g/mol. The predicted molar refractivity (Wildman–Crippen MR) is 49.2 cm³/mol. The van der Waals surface area contributed by atoms with Crippen molar-refractivity contribution in [2.75, 3.05) is 12.4 Å². The highest BCUT2D eigenvalue weighted by Gasteiger charge is 1.98. The summed E-state index contributed by atoms with van der Waals surface area (Å²) in [4.78, 5) is 10.9. The van der Waals surface area contributed by atoms with E-state index in [4.69, 9.17) is 5.26 Å².